The molecule has 8 nitrogen and oxygen atoms in total. The highest BCUT2D eigenvalue weighted by Gasteiger charge is 2.23. The highest BCUT2D eigenvalue weighted by atomic mass is 19.1. The summed E-state index contributed by atoms with van der Waals surface area (Å²) < 4.78 is 26.1. The van der Waals surface area contributed by atoms with Crippen molar-refractivity contribution in [2.45, 2.75) is 45.6 Å². The molecule has 0 aliphatic carbocycles. The lowest BCUT2D eigenvalue weighted by Gasteiger charge is -2.10. The molecule has 0 atom stereocenters. The number of aromatic nitrogens is 2. The zero-order valence-corrected chi connectivity index (χ0v) is 18.2. The lowest BCUT2D eigenvalue weighted by molar-refractivity contribution is 0.0494. The number of benzene rings is 1. The van der Waals surface area contributed by atoms with E-state index in [0.717, 1.165) is 30.3 Å². The summed E-state index contributed by atoms with van der Waals surface area (Å²) in [5.74, 6) is -1.41. The second-order valence-corrected chi connectivity index (χ2v) is 7.47. The van der Waals surface area contributed by atoms with Gasteiger partial charge in [0.15, 0.2) is 0 Å². The van der Waals surface area contributed by atoms with Crippen molar-refractivity contribution >= 4 is 11.9 Å². The van der Waals surface area contributed by atoms with Crippen LogP contribution in [-0.4, -0.2) is 48.0 Å². The molecule has 1 aliphatic heterocycles. The van der Waals surface area contributed by atoms with Crippen molar-refractivity contribution in [1.82, 2.24) is 15.1 Å². The van der Waals surface area contributed by atoms with E-state index in [1.165, 1.54) is 12.1 Å². The second-order valence-electron chi connectivity index (χ2n) is 7.47. The number of nitrogens with zero attached hydrogens (tertiary/aromatic N) is 3. The van der Waals surface area contributed by atoms with Crippen LogP contribution in [0.4, 0.5) is 4.39 Å². The van der Waals surface area contributed by atoms with Gasteiger partial charge in [0, 0.05) is 32.7 Å². The van der Waals surface area contributed by atoms with Gasteiger partial charge in [-0.15, -0.1) is 0 Å². The van der Waals surface area contributed by atoms with E-state index < -0.39 is 11.8 Å². The molecule has 0 radical (unpaired) electrons. The molecule has 3 rings (SSSR count). The van der Waals surface area contributed by atoms with Gasteiger partial charge in [-0.3, -0.25) is 9.48 Å². The first kappa shape index (κ1) is 23.4. The largest absolute Gasteiger partial charge is 0.462 e. The zero-order valence-electron chi connectivity index (χ0n) is 18.2. The van der Waals surface area contributed by atoms with Crippen molar-refractivity contribution in [3.63, 3.8) is 0 Å². The van der Waals surface area contributed by atoms with Crippen LogP contribution >= 0.6 is 0 Å². The molecule has 1 N–H and O–H groups in total. The number of hydrogen-bond acceptors (Lipinski definition) is 6. The van der Waals surface area contributed by atoms with Crippen molar-refractivity contribution in [2.24, 2.45) is 0 Å². The number of ether oxygens (including phenoxy) is 2. The highest BCUT2D eigenvalue weighted by molar-refractivity contribution is 5.96. The number of amides is 1. The lowest BCUT2D eigenvalue weighted by Crippen LogP contribution is -2.26. The Balaban J connectivity index is 1.65. The third-order valence-electron chi connectivity index (χ3n) is 5.22. The molecule has 2 heterocycles. The van der Waals surface area contributed by atoms with Crippen molar-refractivity contribution in [1.29, 1.82) is 5.26 Å². The first-order valence-corrected chi connectivity index (χ1v) is 10.9. The average molecular weight is 442 g/mol. The van der Waals surface area contributed by atoms with Crippen LogP contribution in [0.25, 0.3) is 0 Å². The van der Waals surface area contributed by atoms with Crippen LogP contribution < -0.4 is 5.32 Å². The SMILES string of the molecule is CCc1nn(CCCOC(=O)c2ccc(F)c(C#N)c2)c2c1C(=O)NCCCOCCC2. The summed E-state index contributed by atoms with van der Waals surface area (Å²) in [6.45, 7) is 4.38. The molecule has 32 heavy (non-hydrogen) atoms. The van der Waals surface area contributed by atoms with E-state index in [1.807, 2.05) is 11.6 Å². The van der Waals surface area contributed by atoms with Crippen molar-refractivity contribution < 1.29 is 23.5 Å². The number of nitriles is 1. The Morgan fingerprint density at radius 3 is 2.97 bits per heavy atom. The van der Waals surface area contributed by atoms with Crippen molar-refractivity contribution in [2.75, 3.05) is 26.4 Å². The van der Waals surface area contributed by atoms with E-state index >= 15 is 0 Å². The third-order valence-corrected chi connectivity index (χ3v) is 5.22. The molecular weight excluding hydrogens is 415 g/mol. The topological polar surface area (TPSA) is 106 Å². The minimum absolute atomic E-state index is 0.110. The van der Waals surface area contributed by atoms with Gasteiger partial charge in [-0.05, 0) is 43.9 Å². The maximum atomic E-state index is 13.4. The molecule has 1 aliphatic rings. The van der Waals surface area contributed by atoms with Gasteiger partial charge in [0.1, 0.15) is 11.9 Å². The van der Waals surface area contributed by atoms with Crippen LogP contribution in [0.15, 0.2) is 18.2 Å². The summed E-state index contributed by atoms with van der Waals surface area (Å²) in [7, 11) is 0. The quantitative estimate of drug-likeness (QED) is 0.545. The maximum Gasteiger partial charge on any atom is 0.338 e. The predicted molar refractivity (Wildman–Crippen MR) is 114 cm³/mol. The van der Waals surface area contributed by atoms with Gasteiger partial charge >= 0.3 is 5.97 Å². The number of hydrogen-bond donors (Lipinski definition) is 1. The van der Waals surface area contributed by atoms with Crippen LogP contribution in [0.3, 0.4) is 0 Å². The molecule has 1 amide bonds. The van der Waals surface area contributed by atoms with E-state index in [4.69, 9.17) is 14.7 Å². The first-order valence-electron chi connectivity index (χ1n) is 10.9. The first-order chi connectivity index (χ1) is 15.5. The van der Waals surface area contributed by atoms with E-state index in [2.05, 4.69) is 10.4 Å². The molecule has 2 aromatic rings. The van der Waals surface area contributed by atoms with Gasteiger partial charge in [0.05, 0.1) is 34.7 Å². The van der Waals surface area contributed by atoms with Gasteiger partial charge in [-0.25, -0.2) is 9.18 Å². The molecule has 1 aromatic heterocycles. The van der Waals surface area contributed by atoms with Crippen molar-refractivity contribution in [3.8, 4) is 6.07 Å². The molecule has 0 saturated heterocycles. The fourth-order valence-corrected chi connectivity index (χ4v) is 3.61. The number of aryl methyl sites for hydroxylation is 2. The summed E-state index contributed by atoms with van der Waals surface area (Å²) in [6.07, 6.45) is 3.36. The molecule has 0 spiro atoms. The number of carbonyl (C=O) groups excluding carboxylic acids is 2. The zero-order chi connectivity index (χ0) is 22.9. The van der Waals surface area contributed by atoms with E-state index in [0.29, 0.717) is 51.1 Å². The predicted octanol–water partition coefficient (Wildman–Crippen LogP) is 2.79. The number of esters is 1. The average Bonchev–Trinajstić information content (AvgIpc) is 3.13. The van der Waals surface area contributed by atoms with Crippen LogP contribution in [-0.2, 0) is 28.9 Å². The maximum absolute atomic E-state index is 13.4. The minimum Gasteiger partial charge on any atom is -0.462 e. The van der Waals surface area contributed by atoms with Crippen LogP contribution in [0.5, 0.6) is 0 Å². The van der Waals surface area contributed by atoms with E-state index in [-0.39, 0.29) is 23.6 Å². The molecule has 170 valence electrons. The minimum atomic E-state index is -0.678. The fraction of sp³-hybridized carbons (Fsp3) is 0.478. The molecule has 1 aromatic carbocycles. The lowest BCUT2D eigenvalue weighted by atomic mass is 10.1. The Hall–Kier alpha value is -3.25. The molecule has 9 heteroatoms. The number of nitrogens with one attached hydrogen (secondary N) is 1. The summed E-state index contributed by atoms with van der Waals surface area (Å²) in [4.78, 5) is 25.0. The number of rotatable bonds is 6. The Morgan fingerprint density at radius 2 is 2.19 bits per heavy atom. The highest BCUT2D eigenvalue weighted by Crippen LogP contribution is 2.19. The second kappa shape index (κ2) is 11.4. The molecule has 0 bridgehead atoms. The van der Waals surface area contributed by atoms with Gasteiger partial charge < -0.3 is 14.8 Å². The van der Waals surface area contributed by atoms with Gasteiger partial charge in [0.25, 0.3) is 5.91 Å². The summed E-state index contributed by atoms with van der Waals surface area (Å²) in [5, 5.41) is 16.5. The van der Waals surface area contributed by atoms with Gasteiger partial charge in [0.2, 0.25) is 0 Å². The Kier molecular flexibility index (Phi) is 8.34. The summed E-state index contributed by atoms with van der Waals surface area (Å²) in [5.41, 5.74) is 2.19. The molecule has 0 unspecified atom stereocenters. The smallest absolute Gasteiger partial charge is 0.338 e. The van der Waals surface area contributed by atoms with Gasteiger partial charge in [-0.2, -0.15) is 10.4 Å². The van der Waals surface area contributed by atoms with Crippen LogP contribution in [0, 0.1) is 17.1 Å². The number of fused-ring (bicyclic) bond motifs is 1. The molecular formula is C23H27FN4O4. The fourth-order valence-electron chi connectivity index (χ4n) is 3.61. The Morgan fingerprint density at radius 1 is 1.38 bits per heavy atom. The number of halogens is 1. The normalized spacial score (nSPS) is 14.6. The monoisotopic (exact) mass is 442 g/mol. The van der Waals surface area contributed by atoms with Gasteiger partial charge in [-0.1, -0.05) is 6.92 Å². The Labute approximate surface area is 186 Å². The Bertz CT molecular complexity index is 1010. The number of carbonyl (C=O) groups is 2. The summed E-state index contributed by atoms with van der Waals surface area (Å²) in [6, 6.07) is 5.25. The summed E-state index contributed by atoms with van der Waals surface area (Å²) >= 11 is 0. The third kappa shape index (κ3) is 5.71. The standard InChI is InChI=1S/C23H27FN4O4/c1-2-19-21-20(6-3-11-31-12-4-9-26-22(21)29)28(27-19)10-5-13-32-23(30)16-7-8-18(24)17(14-16)15-25/h7-8,14H,2-6,9-13H2,1H3,(H,26,29). The molecule has 0 fully saturated rings. The van der Waals surface area contributed by atoms with Crippen LogP contribution in [0.1, 0.15) is 63.9 Å². The van der Waals surface area contributed by atoms with E-state index in [1.54, 1.807) is 6.07 Å². The van der Waals surface area contributed by atoms with Crippen molar-refractivity contribution in [3.05, 3.63) is 52.1 Å². The van der Waals surface area contributed by atoms with Crippen LogP contribution in [0.2, 0.25) is 0 Å². The molecule has 0 saturated carbocycles. The van der Waals surface area contributed by atoms with E-state index in [9.17, 15) is 14.0 Å².